The second-order valence-electron chi connectivity index (χ2n) is 6.15. The summed E-state index contributed by atoms with van der Waals surface area (Å²) in [5.41, 5.74) is -0.596. The van der Waals surface area contributed by atoms with E-state index in [1.54, 1.807) is 20.8 Å². The average Bonchev–Trinajstić information content (AvgIpc) is 2.67. The summed E-state index contributed by atoms with van der Waals surface area (Å²) in [7, 11) is 0. The van der Waals surface area contributed by atoms with Crippen molar-refractivity contribution < 1.29 is 19.4 Å². The number of unbranched alkanes of at least 4 members (excludes halogenated alkanes) is 1. The van der Waals surface area contributed by atoms with E-state index in [-0.39, 0.29) is 5.92 Å². The lowest BCUT2D eigenvalue weighted by Crippen LogP contribution is -2.45. The molecule has 2 atom stereocenters. The molecule has 110 valence electrons. The van der Waals surface area contributed by atoms with Gasteiger partial charge >= 0.3 is 12.1 Å². The first-order valence-corrected chi connectivity index (χ1v) is 6.98. The van der Waals surface area contributed by atoms with Crippen molar-refractivity contribution in [3.05, 3.63) is 0 Å². The lowest BCUT2D eigenvalue weighted by molar-refractivity contribution is -0.143. The standard InChI is InChI=1S/C14H25NO4/c1-5-6-7-10-8-9-15(11(10)12(16)17)13(18)19-14(2,3)4/h10-11H,5-9H2,1-4H3,(H,16,17)/t10-,11+/m0/s1. The van der Waals surface area contributed by atoms with Gasteiger partial charge in [0.15, 0.2) is 0 Å². The highest BCUT2D eigenvalue weighted by atomic mass is 16.6. The fraction of sp³-hybridized carbons (Fsp3) is 0.857. The summed E-state index contributed by atoms with van der Waals surface area (Å²) in [4.78, 5) is 24.8. The third-order valence-corrected chi connectivity index (χ3v) is 3.33. The fourth-order valence-electron chi connectivity index (χ4n) is 2.49. The van der Waals surface area contributed by atoms with Crippen molar-refractivity contribution in [1.82, 2.24) is 4.90 Å². The Labute approximate surface area is 114 Å². The predicted octanol–water partition coefficient (Wildman–Crippen LogP) is 2.89. The number of hydrogen-bond acceptors (Lipinski definition) is 3. The van der Waals surface area contributed by atoms with Gasteiger partial charge in [-0.25, -0.2) is 9.59 Å². The van der Waals surface area contributed by atoms with Gasteiger partial charge < -0.3 is 9.84 Å². The summed E-state index contributed by atoms with van der Waals surface area (Å²) in [6.07, 6.45) is 3.12. The Hall–Kier alpha value is -1.26. The molecule has 0 saturated carbocycles. The molecule has 0 bridgehead atoms. The van der Waals surface area contributed by atoms with Crippen LogP contribution in [0.25, 0.3) is 0 Å². The van der Waals surface area contributed by atoms with E-state index >= 15 is 0 Å². The molecule has 19 heavy (non-hydrogen) atoms. The largest absolute Gasteiger partial charge is 0.480 e. The third-order valence-electron chi connectivity index (χ3n) is 3.33. The van der Waals surface area contributed by atoms with Crippen LogP contribution in [0.1, 0.15) is 53.4 Å². The average molecular weight is 271 g/mol. The first kappa shape index (κ1) is 15.8. The molecule has 1 N–H and O–H groups in total. The van der Waals surface area contributed by atoms with Gasteiger partial charge in [-0.15, -0.1) is 0 Å². The van der Waals surface area contributed by atoms with E-state index in [0.717, 1.165) is 25.7 Å². The van der Waals surface area contributed by atoms with Crippen molar-refractivity contribution in [3.8, 4) is 0 Å². The third kappa shape index (κ3) is 4.40. The van der Waals surface area contributed by atoms with Crippen molar-refractivity contribution in [1.29, 1.82) is 0 Å². The molecule has 0 aromatic rings. The summed E-state index contributed by atoms with van der Waals surface area (Å²) in [6.45, 7) is 7.90. The second-order valence-corrected chi connectivity index (χ2v) is 6.15. The fourth-order valence-corrected chi connectivity index (χ4v) is 2.49. The molecule has 1 aliphatic heterocycles. The number of carboxylic acid groups (broad SMARTS) is 1. The molecule has 5 heteroatoms. The lowest BCUT2D eigenvalue weighted by Gasteiger charge is -2.28. The smallest absolute Gasteiger partial charge is 0.411 e. The molecule has 0 aliphatic carbocycles. The maximum Gasteiger partial charge on any atom is 0.411 e. The van der Waals surface area contributed by atoms with Crippen LogP contribution in [0.5, 0.6) is 0 Å². The van der Waals surface area contributed by atoms with Gasteiger partial charge in [0.25, 0.3) is 0 Å². The van der Waals surface area contributed by atoms with Gasteiger partial charge in [0.2, 0.25) is 0 Å². The number of hydrogen-bond donors (Lipinski definition) is 1. The number of carboxylic acids is 1. The highest BCUT2D eigenvalue weighted by Crippen LogP contribution is 2.30. The first-order chi connectivity index (χ1) is 8.76. The molecule has 1 rings (SSSR count). The number of ether oxygens (including phenoxy) is 1. The van der Waals surface area contributed by atoms with Crippen LogP contribution >= 0.6 is 0 Å². The van der Waals surface area contributed by atoms with E-state index in [0.29, 0.717) is 6.54 Å². The first-order valence-electron chi connectivity index (χ1n) is 6.98. The maximum absolute atomic E-state index is 12.0. The SMILES string of the molecule is CCCC[C@H]1CCN(C(=O)OC(C)(C)C)[C@H]1C(=O)O. The highest BCUT2D eigenvalue weighted by Gasteiger charge is 2.42. The van der Waals surface area contributed by atoms with Gasteiger partial charge in [-0.1, -0.05) is 19.8 Å². The van der Waals surface area contributed by atoms with Gasteiger partial charge in [0, 0.05) is 6.54 Å². The minimum atomic E-state index is -0.926. The van der Waals surface area contributed by atoms with Crippen LogP contribution in [0.3, 0.4) is 0 Å². The van der Waals surface area contributed by atoms with E-state index in [2.05, 4.69) is 6.92 Å². The summed E-state index contributed by atoms with van der Waals surface area (Å²) < 4.78 is 5.28. The Morgan fingerprint density at radius 3 is 2.47 bits per heavy atom. The Kier molecular flexibility index (Phi) is 5.20. The van der Waals surface area contributed by atoms with Crippen molar-refractivity contribution in [2.24, 2.45) is 5.92 Å². The van der Waals surface area contributed by atoms with E-state index < -0.39 is 23.7 Å². The number of carbonyl (C=O) groups excluding carboxylic acids is 1. The normalized spacial score (nSPS) is 23.5. The maximum atomic E-state index is 12.0. The summed E-state index contributed by atoms with van der Waals surface area (Å²) in [6, 6.07) is -0.735. The van der Waals surface area contributed by atoms with Crippen LogP contribution in [0.4, 0.5) is 4.79 Å². The molecule has 1 aliphatic rings. The van der Waals surface area contributed by atoms with Gasteiger partial charge in [0.05, 0.1) is 0 Å². The van der Waals surface area contributed by atoms with Crippen molar-refractivity contribution in [2.75, 3.05) is 6.54 Å². The molecule has 1 saturated heterocycles. The number of nitrogens with zero attached hydrogens (tertiary/aromatic N) is 1. The van der Waals surface area contributed by atoms with Crippen LogP contribution in [-0.4, -0.2) is 40.3 Å². The molecular formula is C14H25NO4. The zero-order valence-electron chi connectivity index (χ0n) is 12.3. The summed E-state index contributed by atoms with van der Waals surface area (Å²) in [5.74, 6) is -0.880. The topological polar surface area (TPSA) is 66.8 Å². The summed E-state index contributed by atoms with van der Waals surface area (Å²) >= 11 is 0. The molecule has 0 aromatic heterocycles. The monoisotopic (exact) mass is 271 g/mol. The van der Waals surface area contributed by atoms with Crippen molar-refractivity contribution in [3.63, 3.8) is 0 Å². The van der Waals surface area contributed by atoms with Crippen LogP contribution < -0.4 is 0 Å². The van der Waals surface area contributed by atoms with Gasteiger partial charge in [-0.2, -0.15) is 0 Å². The second kappa shape index (κ2) is 6.26. The number of likely N-dealkylation sites (tertiary alicyclic amines) is 1. The Morgan fingerprint density at radius 2 is 2.00 bits per heavy atom. The summed E-state index contributed by atoms with van der Waals surface area (Å²) in [5, 5.41) is 9.35. The van der Waals surface area contributed by atoms with Crippen LogP contribution in [0, 0.1) is 5.92 Å². The molecule has 1 heterocycles. The quantitative estimate of drug-likeness (QED) is 0.853. The van der Waals surface area contributed by atoms with Gasteiger partial charge in [0.1, 0.15) is 11.6 Å². The van der Waals surface area contributed by atoms with E-state index in [1.165, 1.54) is 4.90 Å². The molecule has 0 spiro atoms. The Balaban J connectivity index is 2.73. The number of rotatable bonds is 4. The van der Waals surface area contributed by atoms with Crippen molar-refractivity contribution >= 4 is 12.1 Å². The minimum Gasteiger partial charge on any atom is -0.480 e. The molecule has 5 nitrogen and oxygen atoms in total. The minimum absolute atomic E-state index is 0.0463. The van der Waals surface area contributed by atoms with Crippen LogP contribution in [-0.2, 0) is 9.53 Å². The zero-order valence-corrected chi connectivity index (χ0v) is 12.3. The van der Waals surface area contributed by atoms with E-state index in [1.807, 2.05) is 0 Å². The molecule has 0 aromatic carbocycles. The van der Waals surface area contributed by atoms with Crippen LogP contribution in [0.2, 0.25) is 0 Å². The highest BCUT2D eigenvalue weighted by molar-refractivity contribution is 5.81. The van der Waals surface area contributed by atoms with E-state index in [9.17, 15) is 14.7 Å². The molecule has 1 fully saturated rings. The molecular weight excluding hydrogens is 246 g/mol. The lowest BCUT2D eigenvalue weighted by atomic mass is 9.94. The number of aliphatic carboxylic acids is 1. The van der Waals surface area contributed by atoms with E-state index in [4.69, 9.17) is 4.74 Å². The molecule has 0 unspecified atom stereocenters. The van der Waals surface area contributed by atoms with Gasteiger partial charge in [-0.3, -0.25) is 4.90 Å². The molecule has 0 radical (unpaired) electrons. The van der Waals surface area contributed by atoms with Gasteiger partial charge in [-0.05, 0) is 39.5 Å². The van der Waals surface area contributed by atoms with Crippen molar-refractivity contribution in [2.45, 2.75) is 65.0 Å². The number of amides is 1. The predicted molar refractivity (Wildman–Crippen MR) is 72.0 cm³/mol. The molecule has 1 amide bonds. The Morgan fingerprint density at radius 1 is 1.37 bits per heavy atom. The number of carbonyl (C=O) groups is 2. The Bertz CT molecular complexity index is 335. The van der Waals surface area contributed by atoms with Crippen LogP contribution in [0.15, 0.2) is 0 Å². The zero-order chi connectivity index (χ0) is 14.6.